The molecule has 0 atom stereocenters. The van der Waals surface area contributed by atoms with E-state index in [0.717, 1.165) is 11.6 Å². The minimum absolute atomic E-state index is 0.0326. The molecule has 0 aliphatic carbocycles. The van der Waals surface area contributed by atoms with Crippen LogP contribution in [-0.2, 0) is 5.41 Å². The van der Waals surface area contributed by atoms with Crippen LogP contribution in [0.15, 0.2) is 42.5 Å². The zero-order valence-electron chi connectivity index (χ0n) is 13.4. The van der Waals surface area contributed by atoms with Crippen molar-refractivity contribution in [3.8, 4) is 16.9 Å². The van der Waals surface area contributed by atoms with Gasteiger partial charge in [0.1, 0.15) is 11.3 Å². The second kappa shape index (κ2) is 6.19. The Labute approximate surface area is 137 Å². The van der Waals surface area contributed by atoms with Crippen LogP contribution in [0.3, 0.4) is 0 Å². The number of alkyl halides is 3. The molecule has 0 amide bonds. The fourth-order valence-electron chi connectivity index (χ4n) is 2.25. The standard InChI is InChI=1S/C18H17F3O3/c1-17(2,3)13-7-4-11(5-8-13)12-6-9-15(24-18(19,20)21)14(10-12)16(22)23/h4-10H,1-3H3,(H,22,23). The summed E-state index contributed by atoms with van der Waals surface area (Å²) in [6.45, 7) is 6.19. The molecule has 2 aromatic rings. The van der Waals surface area contributed by atoms with Crippen molar-refractivity contribution in [2.75, 3.05) is 0 Å². The van der Waals surface area contributed by atoms with Crippen molar-refractivity contribution in [2.24, 2.45) is 0 Å². The Bertz CT molecular complexity index is 742. The van der Waals surface area contributed by atoms with E-state index in [1.807, 2.05) is 24.3 Å². The smallest absolute Gasteiger partial charge is 0.478 e. The molecule has 2 rings (SSSR count). The highest BCUT2D eigenvalue weighted by Gasteiger charge is 2.33. The van der Waals surface area contributed by atoms with Crippen LogP contribution in [0.4, 0.5) is 13.2 Å². The first-order valence-electron chi connectivity index (χ1n) is 7.21. The van der Waals surface area contributed by atoms with E-state index in [4.69, 9.17) is 5.11 Å². The van der Waals surface area contributed by atoms with Gasteiger partial charge in [0, 0.05) is 0 Å². The van der Waals surface area contributed by atoms with Crippen LogP contribution in [0, 0.1) is 0 Å². The lowest BCUT2D eigenvalue weighted by Crippen LogP contribution is -2.19. The van der Waals surface area contributed by atoms with E-state index in [1.165, 1.54) is 12.1 Å². The molecule has 0 radical (unpaired) electrons. The van der Waals surface area contributed by atoms with Crippen molar-refractivity contribution >= 4 is 5.97 Å². The summed E-state index contributed by atoms with van der Waals surface area (Å²) < 4.78 is 40.8. The maximum absolute atomic E-state index is 12.3. The SMILES string of the molecule is CC(C)(C)c1ccc(-c2ccc(OC(F)(F)F)c(C(=O)O)c2)cc1. The summed E-state index contributed by atoms with van der Waals surface area (Å²) in [5.74, 6) is -2.22. The van der Waals surface area contributed by atoms with Crippen LogP contribution in [0.5, 0.6) is 5.75 Å². The summed E-state index contributed by atoms with van der Waals surface area (Å²) >= 11 is 0. The van der Waals surface area contributed by atoms with E-state index in [9.17, 15) is 18.0 Å². The average Bonchev–Trinajstić information content (AvgIpc) is 2.45. The summed E-state index contributed by atoms with van der Waals surface area (Å²) in [6, 6.07) is 11.0. The molecule has 0 aromatic heterocycles. The molecule has 6 heteroatoms. The maximum atomic E-state index is 12.3. The highest BCUT2D eigenvalue weighted by Crippen LogP contribution is 2.32. The molecule has 0 bridgehead atoms. The van der Waals surface area contributed by atoms with Crippen molar-refractivity contribution in [3.05, 3.63) is 53.6 Å². The first kappa shape index (κ1) is 17.8. The summed E-state index contributed by atoms with van der Waals surface area (Å²) in [5.41, 5.74) is 1.74. The number of carbonyl (C=O) groups is 1. The van der Waals surface area contributed by atoms with Gasteiger partial charge >= 0.3 is 12.3 Å². The van der Waals surface area contributed by atoms with Gasteiger partial charge in [-0.25, -0.2) is 4.79 Å². The predicted molar refractivity (Wildman–Crippen MR) is 84.2 cm³/mol. The van der Waals surface area contributed by atoms with Crippen LogP contribution in [0.1, 0.15) is 36.7 Å². The number of ether oxygens (including phenoxy) is 1. The molecule has 128 valence electrons. The molecular formula is C18H17F3O3. The fourth-order valence-corrected chi connectivity index (χ4v) is 2.25. The average molecular weight is 338 g/mol. The lowest BCUT2D eigenvalue weighted by atomic mass is 9.86. The summed E-state index contributed by atoms with van der Waals surface area (Å²) in [5, 5.41) is 9.14. The molecule has 0 unspecified atom stereocenters. The van der Waals surface area contributed by atoms with Crippen molar-refractivity contribution in [2.45, 2.75) is 32.5 Å². The lowest BCUT2D eigenvalue weighted by Gasteiger charge is -2.19. The minimum Gasteiger partial charge on any atom is -0.478 e. The quantitative estimate of drug-likeness (QED) is 0.831. The van der Waals surface area contributed by atoms with Gasteiger partial charge in [0.15, 0.2) is 0 Å². The van der Waals surface area contributed by atoms with Crippen molar-refractivity contribution < 1.29 is 27.8 Å². The molecule has 1 N–H and O–H groups in total. The Morgan fingerprint density at radius 1 is 0.958 bits per heavy atom. The molecule has 0 saturated heterocycles. The van der Waals surface area contributed by atoms with Gasteiger partial charge in [-0.05, 0) is 34.2 Å². The summed E-state index contributed by atoms with van der Waals surface area (Å²) in [4.78, 5) is 11.2. The number of halogens is 3. The number of aromatic carboxylic acids is 1. The van der Waals surface area contributed by atoms with Crippen LogP contribution < -0.4 is 4.74 Å². The second-order valence-corrected chi connectivity index (χ2v) is 6.39. The second-order valence-electron chi connectivity index (χ2n) is 6.39. The largest absolute Gasteiger partial charge is 0.573 e. The molecule has 0 spiro atoms. The predicted octanol–water partition coefficient (Wildman–Crippen LogP) is 5.25. The van der Waals surface area contributed by atoms with Gasteiger partial charge < -0.3 is 9.84 Å². The number of rotatable bonds is 3. The Hall–Kier alpha value is -2.50. The molecule has 0 fully saturated rings. The highest BCUT2D eigenvalue weighted by atomic mass is 19.4. The molecule has 24 heavy (non-hydrogen) atoms. The monoisotopic (exact) mass is 338 g/mol. The third-order valence-electron chi connectivity index (χ3n) is 3.52. The van der Waals surface area contributed by atoms with E-state index in [-0.39, 0.29) is 5.41 Å². The Morgan fingerprint density at radius 2 is 1.50 bits per heavy atom. The van der Waals surface area contributed by atoms with Crippen LogP contribution >= 0.6 is 0 Å². The Morgan fingerprint density at radius 3 is 1.96 bits per heavy atom. The van der Waals surface area contributed by atoms with E-state index in [0.29, 0.717) is 11.1 Å². The topological polar surface area (TPSA) is 46.5 Å². The molecule has 0 aliphatic heterocycles. The molecular weight excluding hydrogens is 321 g/mol. The number of benzene rings is 2. The van der Waals surface area contributed by atoms with Gasteiger partial charge in [0.25, 0.3) is 0 Å². The first-order valence-corrected chi connectivity index (χ1v) is 7.21. The maximum Gasteiger partial charge on any atom is 0.573 e. The van der Waals surface area contributed by atoms with Crippen molar-refractivity contribution in [3.63, 3.8) is 0 Å². The Kier molecular flexibility index (Phi) is 4.60. The number of hydrogen-bond acceptors (Lipinski definition) is 2. The zero-order valence-corrected chi connectivity index (χ0v) is 13.4. The van der Waals surface area contributed by atoms with Crippen LogP contribution in [0.2, 0.25) is 0 Å². The van der Waals surface area contributed by atoms with Gasteiger partial charge in [-0.3, -0.25) is 0 Å². The molecule has 0 saturated carbocycles. The van der Waals surface area contributed by atoms with Crippen LogP contribution in [-0.4, -0.2) is 17.4 Å². The van der Waals surface area contributed by atoms with Crippen LogP contribution in [0.25, 0.3) is 11.1 Å². The summed E-state index contributed by atoms with van der Waals surface area (Å²) in [7, 11) is 0. The fraction of sp³-hybridized carbons (Fsp3) is 0.278. The van der Waals surface area contributed by atoms with Gasteiger partial charge in [0.05, 0.1) is 0 Å². The number of carboxylic acids is 1. The molecule has 0 aliphatic rings. The molecule has 0 heterocycles. The third kappa shape index (κ3) is 4.28. The van der Waals surface area contributed by atoms with Gasteiger partial charge in [-0.1, -0.05) is 51.1 Å². The first-order chi connectivity index (χ1) is 11.0. The van der Waals surface area contributed by atoms with Gasteiger partial charge in [0.2, 0.25) is 0 Å². The van der Waals surface area contributed by atoms with E-state index in [1.54, 1.807) is 0 Å². The highest BCUT2D eigenvalue weighted by molar-refractivity contribution is 5.92. The Balaban J connectivity index is 2.42. The van der Waals surface area contributed by atoms with E-state index < -0.39 is 23.6 Å². The van der Waals surface area contributed by atoms with Crippen molar-refractivity contribution in [1.29, 1.82) is 0 Å². The van der Waals surface area contributed by atoms with E-state index >= 15 is 0 Å². The molecule has 2 aromatic carbocycles. The third-order valence-corrected chi connectivity index (χ3v) is 3.52. The number of hydrogen-bond donors (Lipinski definition) is 1. The minimum atomic E-state index is -4.94. The zero-order chi connectivity index (χ0) is 18.1. The van der Waals surface area contributed by atoms with Gasteiger partial charge in [-0.2, -0.15) is 0 Å². The van der Waals surface area contributed by atoms with Gasteiger partial charge in [-0.15, -0.1) is 13.2 Å². The summed E-state index contributed by atoms with van der Waals surface area (Å²) in [6.07, 6.45) is -4.94. The normalized spacial score (nSPS) is 12.1. The van der Waals surface area contributed by atoms with Crippen molar-refractivity contribution in [1.82, 2.24) is 0 Å². The lowest BCUT2D eigenvalue weighted by molar-refractivity contribution is -0.274. The van der Waals surface area contributed by atoms with E-state index in [2.05, 4.69) is 25.5 Å². The molecule has 3 nitrogen and oxygen atoms in total. The number of carboxylic acid groups (broad SMARTS) is 1.